The predicted molar refractivity (Wildman–Crippen MR) is 127 cm³/mol. The second-order valence-electron chi connectivity index (χ2n) is 8.36. The number of rotatable bonds is 17. The summed E-state index contributed by atoms with van der Waals surface area (Å²) in [5.41, 5.74) is 17.0. The molecule has 0 aliphatic heterocycles. The minimum Gasteiger partial charge on any atom is -0.480 e. The number of nitrogens with one attached hydrogen (secondary N) is 4. The van der Waals surface area contributed by atoms with Crippen LogP contribution in [0.2, 0.25) is 0 Å². The smallest absolute Gasteiger partial charge is 0.326 e. The molecule has 0 aliphatic carbocycles. The summed E-state index contributed by atoms with van der Waals surface area (Å²) in [6.07, 6.45) is 2.21. The number of aliphatic hydroxyl groups excluding tert-OH is 1. The summed E-state index contributed by atoms with van der Waals surface area (Å²) in [4.78, 5) is 67.6. The zero-order valence-corrected chi connectivity index (χ0v) is 20.1. The third-order valence-electron chi connectivity index (χ3n) is 5.27. The van der Waals surface area contributed by atoms with Crippen molar-refractivity contribution in [2.75, 3.05) is 6.54 Å². The second kappa shape index (κ2) is 15.4. The van der Waals surface area contributed by atoms with Gasteiger partial charge in [-0.15, -0.1) is 0 Å². The van der Waals surface area contributed by atoms with Gasteiger partial charge in [0.05, 0.1) is 18.5 Å². The van der Waals surface area contributed by atoms with Gasteiger partial charge in [-0.25, -0.2) is 9.78 Å². The number of aromatic amines is 1. The molecular formula is C21H36N8O7. The number of carbonyl (C=O) groups excluding carboxylic acids is 4. The maximum absolute atomic E-state index is 12.9. The summed E-state index contributed by atoms with van der Waals surface area (Å²) < 4.78 is 0. The highest BCUT2D eigenvalue weighted by atomic mass is 16.4. The number of aliphatic hydroxyl groups is 1. The van der Waals surface area contributed by atoms with Crippen LogP contribution in [-0.2, 0) is 30.4 Å². The molecule has 36 heavy (non-hydrogen) atoms. The van der Waals surface area contributed by atoms with Crippen LogP contribution in [0.3, 0.4) is 0 Å². The second-order valence-corrected chi connectivity index (χ2v) is 8.36. The molecule has 5 unspecified atom stereocenters. The Hall–Kier alpha value is -3.56. The molecule has 1 aromatic heterocycles. The first-order valence-electron chi connectivity index (χ1n) is 11.5. The van der Waals surface area contributed by atoms with Gasteiger partial charge < -0.3 is 48.3 Å². The number of imidazole rings is 1. The average molecular weight is 513 g/mol. The molecule has 0 bridgehead atoms. The largest absolute Gasteiger partial charge is 0.480 e. The van der Waals surface area contributed by atoms with Gasteiger partial charge in [0.15, 0.2) is 0 Å². The van der Waals surface area contributed by atoms with E-state index in [2.05, 4.69) is 25.9 Å². The quantitative estimate of drug-likeness (QED) is 0.0933. The fourth-order valence-electron chi connectivity index (χ4n) is 3.23. The summed E-state index contributed by atoms with van der Waals surface area (Å²) >= 11 is 0. The van der Waals surface area contributed by atoms with Gasteiger partial charge >= 0.3 is 5.97 Å². The number of carboxylic acid groups (broad SMARTS) is 1. The van der Waals surface area contributed by atoms with Crippen molar-refractivity contribution in [1.82, 2.24) is 25.9 Å². The van der Waals surface area contributed by atoms with Crippen LogP contribution in [0, 0.1) is 0 Å². The lowest BCUT2D eigenvalue weighted by Crippen LogP contribution is -2.60. The third kappa shape index (κ3) is 10.8. The number of hydrogen-bond acceptors (Lipinski definition) is 9. The molecule has 1 heterocycles. The molecule has 1 rings (SSSR count). The Morgan fingerprint density at radius 3 is 2.22 bits per heavy atom. The Morgan fingerprint density at radius 1 is 1.03 bits per heavy atom. The van der Waals surface area contributed by atoms with Crippen molar-refractivity contribution in [2.45, 2.75) is 75.7 Å². The number of aromatic nitrogens is 2. The molecule has 0 radical (unpaired) electrons. The number of nitrogens with two attached hydrogens (primary N) is 3. The Morgan fingerprint density at radius 2 is 1.69 bits per heavy atom. The van der Waals surface area contributed by atoms with E-state index >= 15 is 0 Å². The van der Waals surface area contributed by atoms with Gasteiger partial charge in [-0.3, -0.25) is 19.2 Å². The molecule has 202 valence electrons. The van der Waals surface area contributed by atoms with Crippen molar-refractivity contribution >= 4 is 29.6 Å². The molecule has 5 atom stereocenters. The first kappa shape index (κ1) is 30.5. The average Bonchev–Trinajstić information content (AvgIpc) is 3.31. The molecule has 0 aliphatic rings. The minimum absolute atomic E-state index is 0.0927. The summed E-state index contributed by atoms with van der Waals surface area (Å²) in [7, 11) is 0. The maximum Gasteiger partial charge on any atom is 0.326 e. The van der Waals surface area contributed by atoms with E-state index in [0.29, 0.717) is 25.1 Å². The van der Waals surface area contributed by atoms with E-state index in [1.54, 1.807) is 0 Å². The van der Waals surface area contributed by atoms with Gasteiger partial charge in [-0.05, 0) is 39.2 Å². The topological polar surface area (TPSA) is 269 Å². The number of carboxylic acids is 1. The van der Waals surface area contributed by atoms with E-state index in [1.807, 2.05) is 0 Å². The number of amides is 4. The lowest BCUT2D eigenvalue weighted by atomic mass is 10.1. The van der Waals surface area contributed by atoms with Gasteiger partial charge in [0.2, 0.25) is 23.6 Å². The van der Waals surface area contributed by atoms with Crippen LogP contribution in [0.4, 0.5) is 0 Å². The van der Waals surface area contributed by atoms with Crippen molar-refractivity contribution in [3.05, 3.63) is 18.2 Å². The number of nitrogens with zero attached hydrogens (tertiary/aromatic N) is 1. The molecule has 4 amide bonds. The Labute approximate surface area is 207 Å². The van der Waals surface area contributed by atoms with Crippen LogP contribution in [0.1, 0.15) is 44.7 Å². The van der Waals surface area contributed by atoms with Crippen molar-refractivity contribution in [3.8, 4) is 0 Å². The van der Waals surface area contributed by atoms with Gasteiger partial charge in [-0.2, -0.15) is 0 Å². The highest BCUT2D eigenvalue weighted by Gasteiger charge is 2.32. The lowest BCUT2D eigenvalue weighted by molar-refractivity contribution is -0.143. The van der Waals surface area contributed by atoms with Crippen LogP contribution in [0.15, 0.2) is 12.5 Å². The first-order chi connectivity index (χ1) is 17.0. The van der Waals surface area contributed by atoms with E-state index < -0.39 is 59.9 Å². The van der Waals surface area contributed by atoms with Gasteiger partial charge in [0.1, 0.15) is 18.1 Å². The van der Waals surface area contributed by atoms with Crippen LogP contribution in [-0.4, -0.2) is 86.6 Å². The van der Waals surface area contributed by atoms with Crippen molar-refractivity contribution < 1.29 is 34.2 Å². The Kier molecular flexibility index (Phi) is 13.1. The summed E-state index contributed by atoms with van der Waals surface area (Å²) in [6.45, 7) is 1.59. The summed E-state index contributed by atoms with van der Waals surface area (Å²) in [5, 5.41) is 26.5. The SMILES string of the molecule is CC(O)C(NC(=O)C(CCC(N)=O)NC(=O)C(N)Cc1cnc[nH]1)C(=O)NC(CCCCN)C(=O)O. The minimum atomic E-state index is -1.54. The summed E-state index contributed by atoms with van der Waals surface area (Å²) in [6, 6.07) is -5.17. The molecule has 1 aromatic rings. The number of primary amides is 1. The molecule has 0 saturated carbocycles. The molecule has 0 fully saturated rings. The number of carbonyl (C=O) groups is 5. The van der Waals surface area contributed by atoms with Crippen LogP contribution >= 0.6 is 0 Å². The lowest BCUT2D eigenvalue weighted by Gasteiger charge is -2.26. The van der Waals surface area contributed by atoms with E-state index in [0.717, 1.165) is 0 Å². The number of H-pyrrole nitrogens is 1. The van der Waals surface area contributed by atoms with Gasteiger partial charge in [0.25, 0.3) is 0 Å². The predicted octanol–water partition coefficient (Wildman–Crippen LogP) is -3.41. The molecule has 0 spiro atoms. The molecule has 0 saturated heterocycles. The van der Waals surface area contributed by atoms with E-state index in [9.17, 15) is 34.2 Å². The number of hydrogen-bond donors (Lipinski definition) is 9. The Bertz CT molecular complexity index is 878. The maximum atomic E-state index is 12.9. The highest BCUT2D eigenvalue weighted by molar-refractivity contribution is 5.94. The van der Waals surface area contributed by atoms with E-state index in [1.165, 1.54) is 19.4 Å². The first-order valence-corrected chi connectivity index (χ1v) is 11.5. The third-order valence-corrected chi connectivity index (χ3v) is 5.27. The molecule has 0 aromatic carbocycles. The summed E-state index contributed by atoms with van der Waals surface area (Å²) in [5.74, 6) is -4.55. The van der Waals surface area contributed by atoms with Gasteiger partial charge in [0, 0.05) is 24.7 Å². The molecule has 15 heteroatoms. The normalized spacial score (nSPS) is 15.1. The fourth-order valence-corrected chi connectivity index (χ4v) is 3.23. The Balaban J connectivity index is 2.91. The van der Waals surface area contributed by atoms with Crippen LogP contribution in [0.5, 0.6) is 0 Å². The fraction of sp³-hybridized carbons (Fsp3) is 0.619. The molecule has 12 N–H and O–H groups in total. The number of aliphatic carboxylic acids is 1. The highest BCUT2D eigenvalue weighted by Crippen LogP contribution is 2.05. The van der Waals surface area contributed by atoms with Crippen LogP contribution < -0.4 is 33.2 Å². The zero-order valence-electron chi connectivity index (χ0n) is 20.1. The van der Waals surface area contributed by atoms with Crippen molar-refractivity contribution in [2.24, 2.45) is 17.2 Å². The van der Waals surface area contributed by atoms with Crippen molar-refractivity contribution in [3.63, 3.8) is 0 Å². The van der Waals surface area contributed by atoms with E-state index in [4.69, 9.17) is 17.2 Å². The van der Waals surface area contributed by atoms with Crippen LogP contribution in [0.25, 0.3) is 0 Å². The number of unbranched alkanes of at least 4 members (excludes halogenated alkanes) is 1. The molecular weight excluding hydrogens is 476 g/mol. The van der Waals surface area contributed by atoms with Gasteiger partial charge in [-0.1, -0.05) is 0 Å². The monoisotopic (exact) mass is 512 g/mol. The zero-order chi connectivity index (χ0) is 27.3. The van der Waals surface area contributed by atoms with Crippen molar-refractivity contribution in [1.29, 1.82) is 0 Å². The standard InChI is InChI=1S/C21H36N8O7/c1-11(30)17(20(34)28-15(21(35)36)4-2-3-7-22)29-19(33)14(5-6-16(24)31)27-18(32)13(23)8-12-9-25-10-26-12/h9-11,13-15,17,30H,2-8,22-23H2,1H3,(H2,24,31)(H,25,26)(H,27,32)(H,28,34)(H,29,33)(H,35,36). The molecule has 15 nitrogen and oxygen atoms in total. The van der Waals surface area contributed by atoms with E-state index in [-0.39, 0.29) is 25.7 Å².